The summed E-state index contributed by atoms with van der Waals surface area (Å²) in [7, 11) is -82.9. The van der Waals surface area contributed by atoms with Gasteiger partial charge in [-0.1, -0.05) is 0 Å². The van der Waals surface area contributed by atoms with E-state index in [1.165, 1.54) is 0 Å². The molecular weight excluding hydrogens is 1430 g/mol. The maximum absolute atomic E-state index is 15.2. The Balaban J connectivity index is 3.56. The molecule has 89 heavy (non-hydrogen) atoms. The topological polar surface area (TPSA) is 338 Å². The van der Waals surface area contributed by atoms with Crippen molar-refractivity contribution in [2.24, 2.45) is 0 Å². The summed E-state index contributed by atoms with van der Waals surface area (Å²) in [6.07, 6.45) is 0. The molecule has 0 spiro atoms. The Hall–Kier alpha value is 1.72. The van der Waals surface area contributed by atoms with E-state index in [4.69, 9.17) is 130 Å². The van der Waals surface area contributed by atoms with Crippen LogP contribution in [0.2, 0.25) is 0 Å². The van der Waals surface area contributed by atoms with E-state index in [2.05, 4.69) is 0 Å². The van der Waals surface area contributed by atoms with Crippen LogP contribution in [0.4, 0.5) is 0 Å². The molecule has 0 saturated carbocycles. The van der Waals surface area contributed by atoms with Crippen LogP contribution in [0.15, 0.2) is 0 Å². The number of hydrogen-bond acceptors (Lipinski definition) is 33. The van der Waals surface area contributed by atoms with Crippen molar-refractivity contribution >= 4 is 117 Å². The van der Waals surface area contributed by atoms with E-state index in [1.807, 2.05) is 0 Å². The molecule has 3 heterocycles. The highest BCUT2D eigenvalue weighted by molar-refractivity contribution is 7.49. The highest BCUT2D eigenvalue weighted by Gasteiger charge is 3.01. The fourth-order valence-electron chi connectivity index (χ4n) is 9.81. The van der Waals surface area contributed by atoms with E-state index in [0.29, 0.717) is 0 Å². The highest BCUT2D eigenvalue weighted by Crippen LogP contribution is 2.54. The molecule has 33 nitrogen and oxygen atoms in total. The first-order chi connectivity index (χ1) is 42.4. The first-order valence-corrected chi connectivity index (χ1v) is 62.6. The molecule has 3 aliphatic rings. The smallest absolute Gasteiger partial charge is 0.388 e. The van der Waals surface area contributed by atoms with Crippen molar-refractivity contribution in [3.8, 4) is 0 Å². The molecule has 0 aromatic heterocycles. The third-order valence-electron chi connectivity index (χ3n) is 12.1. The first-order valence-electron chi connectivity index (χ1n) is 31.3. The minimum absolute atomic E-state index is 0.268. The summed E-state index contributed by atoms with van der Waals surface area (Å²) in [6.45, 7) is 28.3. The third-order valence-corrected chi connectivity index (χ3v) is 92.6. The molecule has 3 N–H and O–H groups in total. The summed E-state index contributed by atoms with van der Waals surface area (Å²) < 4.78 is 215. The Bertz CT molecular complexity index is 1680. The molecule has 3 saturated heterocycles. The Labute approximate surface area is 542 Å². The van der Waals surface area contributed by atoms with Crippen LogP contribution >= 0.6 is 0 Å². The van der Waals surface area contributed by atoms with Crippen LogP contribution in [0, 0.1) is 0 Å². The molecule has 0 unspecified atom stereocenters. The van der Waals surface area contributed by atoms with Crippen LogP contribution in [-0.4, -0.2) is 270 Å². The molecule has 3 fully saturated rings. The van der Waals surface area contributed by atoms with Crippen molar-refractivity contribution in [2.75, 3.05) is 139 Å². The molecule has 3 rings (SSSR count). The molecule has 0 radical (unpaired) electrons. The van der Waals surface area contributed by atoms with Crippen LogP contribution in [0.5, 0.6) is 0 Å². The van der Waals surface area contributed by atoms with Gasteiger partial charge in [0, 0.05) is 139 Å². The van der Waals surface area contributed by atoms with Crippen molar-refractivity contribution in [3.05, 3.63) is 0 Å². The number of rotatable bonds is 49. The molecular formula is C42H108O33Si14. The molecule has 0 atom stereocenters. The lowest BCUT2D eigenvalue weighted by molar-refractivity contribution is -0.0333. The number of hydrogen-bond donors (Lipinski definition) is 3. The van der Waals surface area contributed by atoms with Crippen molar-refractivity contribution in [2.45, 2.75) is 145 Å². The molecule has 4 bridgehead atoms. The van der Waals surface area contributed by atoms with E-state index in [1.54, 1.807) is 145 Å². The average Bonchev–Trinajstić information content (AvgIpc) is 0.666. The SMILES string of the molecule is CCO[Si](OCC)(OCC)[Si]1(O)O[Si]2([Si](OCC)(OCC)OCC)O[Si](O)([Si](OCC)(OCC)OCC)O[Si]3([Si](OCC)(OCC)OCC)O[Si](O)([Si](OCC)(OCC)OCC)O[Si]([Si](OCC)(OCC)OCC)(O1)O[Si]([Si](OCC)(OCC)OCC)(O2)O3. The molecule has 47 heteroatoms. The maximum atomic E-state index is 15.2. The summed E-state index contributed by atoms with van der Waals surface area (Å²) in [5.74, 6) is 0. The molecule has 0 aliphatic carbocycles. The van der Waals surface area contributed by atoms with Gasteiger partial charge < -0.3 is 144 Å². The molecule has 0 aromatic carbocycles. The molecule has 3 aliphatic heterocycles. The zero-order chi connectivity index (χ0) is 67.1. The van der Waals surface area contributed by atoms with Crippen molar-refractivity contribution in [3.63, 3.8) is 0 Å². The summed E-state index contributed by atoms with van der Waals surface area (Å²) in [4.78, 5) is 45.6. The zero-order valence-corrected chi connectivity index (χ0v) is 70.4. The fraction of sp³-hybridized carbons (Fsp3) is 1.00. The van der Waals surface area contributed by atoms with E-state index in [-0.39, 0.29) is 139 Å². The van der Waals surface area contributed by atoms with E-state index in [0.717, 1.165) is 0 Å². The van der Waals surface area contributed by atoms with Gasteiger partial charge in [0.25, 0.3) is 0 Å². The summed E-state index contributed by atoms with van der Waals surface area (Å²) in [5, 5.41) is 0. The van der Waals surface area contributed by atoms with Gasteiger partial charge in [-0.15, -0.1) is 0 Å². The van der Waals surface area contributed by atoms with Crippen molar-refractivity contribution in [1.29, 1.82) is 0 Å². The lowest BCUT2D eigenvalue weighted by Crippen LogP contribution is -3.00. The largest absolute Gasteiger partial charge is 0.575 e. The van der Waals surface area contributed by atoms with Gasteiger partial charge in [0.1, 0.15) is 0 Å². The Morgan fingerprint density at radius 3 is 0.360 bits per heavy atom. The van der Waals surface area contributed by atoms with Crippen LogP contribution in [0.3, 0.4) is 0 Å². The Kier molecular flexibility index (Phi) is 36.1. The third kappa shape index (κ3) is 16.8. The predicted octanol–water partition coefficient (Wildman–Crippen LogP) is 2.61. The van der Waals surface area contributed by atoms with Gasteiger partial charge >= 0.3 is 117 Å². The Morgan fingerprint density at radius 1 is 0.169 bits per heavy atom. The summed E-state index contributed by atoms with van der Waals surface area (Å²) >= 11 is 0. The predicted molar refractivity (Wildman–Crippen MR) is 341 cm³/mol. The highest BCUT2D eigenvalue weighted by atomic mass is 29.4. The average molecular weight is 1530 g/mol. The van der Waals surface area contributed by atoms with Gasteiger partial charge in [0.2, 0.25) is 0 Å². The van der Waals surface area contributed by atoms with Crippen LogP contribution in [0.25, 0.3) is 0 Å². The Morgan fingerprint density at radius 2 is 0.258 bits per heavy atom. The molecule has 530 valence electrons. The van der Waals surface area contributed by atoms with Crippen molar-refractivity contribution < 1.29 is 144 Å². The van der Waals surface area contributed by atoms with E-state index < -0.39 is 117 Å². The van der Waals surface area contributed by atoms with Gasteiger partial charge in [-0.2, -0.15) is 0 Å². The van der Waals surface area contributed by atoms with Crippen molar-refractivity contribution in [1.82, 2.24) is 0 Å². The van der Waals surface area contributed by atoms with Crippen LogP contribution in [0.1, 0.15) is 145 Å². The number of fused-ring (bicyclic) bond motifs is 3. The lowest BCUT2D eigenvalue weighted by Gasteiger charge is -2.61. The minimum Gasteiger partial charge on any atom is -0.388 e. The van der Waals surface area contributed by atoms with Gasteiger partial charge in [-0.3, -0.25) is 0 Å². The second-order valence-electron chi connectivity index (χ2n) is 17.9. The van der Waals surface area contributed by atoms with Gasteiger partial charge in [0.05, 0.1) is 0 Å². The summed E-state index contributed by atoms with van der Waals surface area (Å²) in [6, 6.07) is 0. The molecule has 0 amide bonds. The monoisotopic (exact) mass is 1530 g/mol. The second kappa shape index (κ2) is 37.8. The van der Waals surface area contributed by atoms with Gasteiger partial charge in [-0.05, 0) is 145 Å². The standard InChI is InChI=1S/C42H108O33Si14/c1-22-46-79(47-23-2,48-24-3)76(43)67-86(82(55-31-10,56-32-11)57-33-12)69-77(44,80(49-25-4,50-26-5)51-27-6)71-88(84(61-37-16,62-38-17)63-39-18)72-78(45,81(52-28-7,53-29-8)54-30-9)70-87(68-76,83(58-34-13,59-35-14)60-36-15)74-89(73-86,75-88)85(64-40-19,65-41-20)66-42-21/h43-45H,22-42H2,1-21H3. The first kappa shape index (κ1) is 84.9. The fourth-order valence-corrected chi connectivity index (χ4v) is 124. The van der Waals surface area contributed by atoms with Crippen LogP contribution in [-0.2, 0) is 130 Å². The minimum atomic E-state index is -6.41. The molecule has 0 aromatic rings. The van der Waals surface area contributed by atoms with E-state index in [9.17, 15) is 0 Å². The van der Waals surface area contributed by atoms with Gasteiger partial charge in [0.15, 0.2) is 0 Å². The summed E-state index contributed by atoms with van der Waals surface area (Å²) in [5.41, 5.74) is 0. The second-order valence-corrected chi connectivity index (χ2v) is 72.9. The lowest BCUT2D eigenvalue weighted by atomic mass is 10.9. The maximum Gasteiger partial charge on any atom is 0.575 e. The zero-order valence-electron chi connectivity index (χ0n) is 56.4. The quantitative estimate of drug-likeness (QED) is 0.0737. The van der Waals surface area contributed by atoms with Gasteiger partial charge in [-0.25, -0.2) is 0 Å². The normalized spacial score (nSPS) is 27.8. The van der Waals surface area contributed by atoms with E-state index >= 15 is 14.4 Å². The van der Waals surface area contributed by atoms with Crippen LogP contribution < -0.4 is 0 Å².